The van der Waals surface area contributed by atoms with Crippen molar-refractivity contribution in [3.63, 3.8) is 0 Å². The summed E-state index contributed by atoms with van der Waals surface area (Å²) < 4.78 is 31.2. The Balaban J connectivity index is 2.01. The highest BCUT2D eigenvalue weighted by molar-refractivity contribution is 7.89. The van der Waals surface area contributed by atoms with E-state index in [0.717, 1.165) is 9.87 Å². The van der Waals surface area contributed by atoms with Gasteiger partial charge in [0.2, 0.25) is 15.9 Å². The maximum absolute atomic E-state index is 12.6. The van der Waals surface area contributed by atoms with Gasteiger partial charge >= 0.3 is 12.1 Å². The predicted molar refractivity (Wildman–Crippen MR) is 120 cm³/mol. The van der Waals surface area contributed by atoms with Crippen molar-refractivity contribution in [3.05, 3.63) is 59.7 Å². The lowest BCUT2D eigenvalue weighted by Gasteiger charge is -2.19. The first-order chi connectivity index (χ1) is 15.4. The van der Waals surface area contributed by atoms with Crippen LogP contribution in [0, 0.1) is 6.92 Å². The molecule has 2 rings (SSSR count). The lowest BCUT2D eigenvalue weighted by molar-refractivity contribution is -0.141. The van der Waals surface area contributed by atoms with E-state index >= 15 is 0 Å². The summed E-state index contributed by atoms with van der Waals surface area (Å²) >= 11 is 0. The minimum Gasteiger partial charge on any atom is -0.480 e. The number of likely N-dealkylation sites (N-methyl/N-ethyl adjacent to an activating group) is 1. The SMILES string of the molecule is Cc1ccc(S(=O)(=O)N(C)CC(=O)N[C@@H](Cc2ccc(OC(=O)N(C)C)cc2)C(=O)O)cc1. The third-order valence-electron chi connectivity index (χ3n) is 4.66. The van der Waals surface area contributed by atoms with Gasteiger partial charge in [0.25, 0.3) is 0 Å². The molecular weight excluding hydrogens is 450 g/mol. The molecule has 0 saturated carbocycles. The van der Waals surface area contributed by atoms with Gasteiger partial charge in [0, 0.05) is 27.6 Å². The lowest BCUT2D eigenvalue weighted by atomic mass is 10.1. The normalized spacial score (nSPS) is 12.2. The van der Waals surface area contributed by atoms with Crippen LogP contribution in [0.5, 0.6) is 5.75 Å². The highest BCUT2D eigenvalue weighted by atomic mass is 32.2. The zero-order valence-corrected chi connectivity index (χ0v) is 19.6. The first-order valence-corrected chi connectivity index (χ1v) is 11.4. The summed E-state index contributed by atoms with van der Waals surface area (Å²) in [6.07, 6.45) is -0.597. The Morgan fingerprint density at radius 1 is 1.00 bits per heavy atom. The van der Waals surface area contributed by atoms with Crippen molar-refractivity contribution < 1.29 is 32.6 Å². The number of carbonyl (C=O) groups excluding carboxylic acids is 2. The number of benzene rings is 2. The minimum absolute atomic E-state index is 0.0354. The molecule has 33 heavy (non-hydrogen) atoms. The van der Waals surface area contributed by atoms with Gasteiger partial charge in [0.15, 0.2) is 0 Å². The fourth-order valence-corrected chi connectivity index (χ4v) is 3.87. The number of hydrogen-bond donors (Lipinski definition) is 2. The average molecular weight is 478 g/mol. The van der Waals surface area contributed by atoms with Crippen molar-refractivity contribution in [1.82, 2.24) is 14.5 Å². The van der Waals surface area contributed by atoms with Crippen LogP contribution >= 0.6 is 0 Å². The quantitative estimate of drug-likeness (QED) is 0.559. The summed E-state index contributed by atoms with van der Waals surface area (Å²) in [5, 5.41) is 11.8. The number of ether oxygens (including phenoxy) is 1. The number of hydrogen-bond acceptors (Lipinski definition) is 6. The van der Waals surface area contributed by atoms with Crippen LogP contribution in [0.3, 0.4) is 0 Å². The first kappa shape index (κ1) is 25.8. The first-order valence-electron chi connectivity index (χ1n) is 9.93. The number of carboxylic acids is 1. The number of rotatable bonds is 9. The van der Waals surface area contributed by atoms with Gasteiger partial charge in [-0.15, -0.1) is 0 Å². The highest BCUT2D eigenvalue weighted by Crippen LogP contribution is 2.16. The summed E-state index contributed by atoms with van der Waals surface area (Å²) in [5.74, 6) is -1.73. The van der Waals surface area contributed by atoms with Gasteiger partial charge in [-0.3, -0.25) is 4.79 Å². The Hall–Kier alpha value is -3.44. The van der Waals surface area contributed by atoms with Crippen LogP contribution < -0.4 is 10.1 Å². The number of nitrogens with zero attached hydrogens (tertiary/aromatic N) is 2. The summed E-state index contributed by atoms with van der Waals surface area (Å²) in [7, 11) is 0.426. The number of carboxylic acid groups (broad SMARTS) is 1. The molecule has 0 spiro atoms. The number of sulfonamides is 1. The molecule has 2 N–H and O–H groups in total. The van der Waals surface area contributed by atoms with E-state index in [1.54, 1.807) is 38.4 Å². The molecule has 0 aliphatic heterocycles. The molecule has 0 radical (unpaired) electrons. The van der Waals surface area contributed by atoms with E-state index in [2.05, 4.69) is 5.32 Å². The van der Waals surface area contributed by atoms with Crippen molar-refractivity contribution in [2.45, 2.75) is 24.3 Å². The van der Waals surface area contributed by atoms with Gasteiger partial charge in [-0.25, -0.2) is 18.0 Å². The van der Waals surface area contributed by atoms with Crippen LogP contribution in [-0.4, -0.2) is 74.4 Å². The van der Waals surface area contributed by atoms with Crippen LogP contribution in [0.25, 0.3) is 0 Å². The van der Waals surface area contributed by atoms with Crippen molar-refractivity contribution in [1.29, 1.82) is 0 Å². The molecule has 0 fully saturated rings. The lowest BCUT2D eigenvalue weighted by Crippen LogP contribution is -2.46. The molecule has 0 aromatic heterocycles. The molecule has 0 bridgehead atoms. The highest BCUT2D eigenvalue weighted by Gasteiger charge is 2.26. The van der Waals surface area contributed by atoms with Crippen LogP contribution in [-0.2, 0) is 26.0 Å². The molecule has 0 saturated heterocycles. The molecule has 0 heterocycles. The van der Waals surface area contributed by atoms with E-state index < -0.39 is 40.6 Å². The van der Waals surface area contributed by atoms with E-state index in [0.29, 0.717) is 5.56 Å². The molecule has 11 heteroatoms. The van der Waals surface area contributed by atoms with E-state index in [9.17, 15) is 27.9 Å². The maximum atomic E-state index is 12.6. The molecule has 0 aliphatic carbocycles. The molecule has 10 nitrogen and oxygen atoms in total. The molecule has 2 amide bonds. The van der Waals surface area contributed by atoms with E-state index in [1.807, 2.05) is 6.92 Å². The van der Waals surface area contributed by atoms with Crippen LogP contribution in [0.4, 0.5) is 4.79 Å². The topological polar surface area (TPSA) is 133 Å². The maximum Gasteiger partial charge on any atom is 0.414 e. The third-order valence-corrected chi connectivity index (χ3v) is 6.48. The largest absolute Gasteiger partial charge is 0.480 e. The average Bonchev–Trinajstić information content (AvgIpc) is 2.74. The summed E-state index contributed by atoms with van der Waals surface area (Å²) in [6.45, 7) is 1.28. The molecule has 1 atom stereocenters. The Morgan fingerprint density at radius 3 is 2.09 bits per heavy atom. The van der Waals surface area contributed by atoms with Gasteiger partial charge in [0.05, 0.1) is 11.4 Å². The van der Waals surface area contributed by atoms with Crippen molar-refractivity contribution in [3.8, 4) is 5.75 Å². The van der Waals surface area contributed by atoms with Crippen LogP contribution in [0.1, 0.15) is 11.1 Å². The number of aliphatic carboxylic acids is 1. The number of amides is 2. The zero-order chi connectivity index (χ0) is 24.8. The summed E-state index contributed by atoms with van der Waals surface area (Å²) in [5.41, 5.74) is 1.47. The Bertz CT molecular complexity index is 1100. The molecule has 2 aromatic rings. The van der Waals surface area contributed by atoms with Gasteiger partial charge < -0.3 is 20.1 Å². The van der Waals surface area contributed by atoms with Crippen molar-refractivity contribution in [2.24, 2.45) is 0 Å². The minimum atomic E-state index is -3.91. The molecule has 0 aliphatic rings. The van der Waals surface area contributed by atoms with E-state index in [1.165, 1.54) is 36.2 Å². The van der Waals surface area contributed by atoms with Crippen molar-refractivity contribution in [2.75, 3.05) is 27.7 Å². The Labute approximate surface area is 192 Å². The molecular formula is C22H27N3O7S. The fourth-order valence-electron chi connectivity index (χ4n) is 2.74. The second-order valence-corrected chi connectivity index (χ2v) is 9.69. The number of aryl methyl sites for hydroxylation is 1. The van der Waals surface area contributed by atoms with E-state index in [-0.39, 0.29) is 17.1 Å². The fraction of sp³-hybridized carbons (Fsp3) is 0.318. The van der Waals surface area contributed by atoms with Crippen LogP contribution in [0.15, 0.2) is 53.4 Å². The van der Waals surface area contributed by atoms with Gasteiger partial charge in [-0.1, -0.05) is 29.8 Å². The molecule has 0 unspecified atom stereocenters. The Morgan fingerprint density at radius 2 is 1.58 bits per heavy atom. The third kappa shape index (κ3) is 7.29. The number of nitrogens with one attached hydrogen (secondary N) is 1. The number of carbonyl (C=O) groups is 3. The summed E-state index contributed by atoms with van der Waals surface area (Å²) in [4.78, 5) is 36.9. The summed E-state index contributed by atoms with van der Waals surface area (Å²) in [6, 6.07) is 11.1. The van der Waals surface area contributed by atoms with Gasteiger partial charge in [-0.2, -0.15) is 4.31 Å². The van der Waals surface area contributed by atoms with Gasteiger partial charge in [0.1, 0.15) is 11.8 Å². The zero-order valence-electron chi connectivity index (χ0n) is 18.8. The van der Waals surface area contributed by atoms with Crippen molar-refractivity contribution >= 4 is 28.0 Å². The van der Waals surface area contributed by atoms with Gasteiger partial charge in [-0.05, 0) is 36.8 Å². The predicted octanol–water partition coefficient (Wildman–Crippen LogP) is 1.49. The second kappa shape index (κ2) is 10.9. The molecule has 178 valence electrons. The second-order valence-electron chi connectivity index (χ2n) is 7.64. The van der Waals surface area contributed by atoms with Crippen LogP contribution in [0.2, 0.25) is 0 Å². The monoisotopic (exact) mass is 477 g/mol. The Kier molecular flexibility index (Phi) is 8.55. The van der Waals surface area contributed by atoms with E-state index in [4.69, 9.17) is 4.74 Å². The standard InChI is InChI=1S/C22H27N3O7S/c1-15-5-11-18(12-6-15)33(30,31)25(4)14-20(26)23-19(21(27)28)13-16-7-9-17(10-8-16)32-22(29)24(2)3/h5-12,19H,13-14H2,1-4H3,(H,23,26)(H,27,28)/t19-/m0/s1. The smallest absolute Gasteiger partial charge is 0.414 e. The molecule has 2 aromatic carbocycles.